The Labute approximate surface area is 193 Å². The molecule has 0 saturated heterocycles. The summed E-state index contributed by atoms with van der Waals surface area (Å²) in [7, 11) is 3.10. The van der Waals surface area contributed by atoms with E-state index in [4.69, 9.17) is 21.1 Å². The van der Waals surface area contributed by atoms with Crippen molar-refractivity contribution in [2.24, 2.45) is 5.10 Å². The van der Waals surface area contributed by atoms with Crippen LogP contribution in [0.25, 0.3) is 11.4 Å². The zero-order valence-electron chi connectivity index (χ0n) is 17.7. The highest BCUT2D eigenvalue weighted by atomic mass is 35.5. The number of imidazole rings is 1. The lowest BCUT2D eigenvalue weighted by molar-refractivity contribution is -0.116. The second-order valence-electron chi connectivity index (χ2n) is 6.83. The monoisotopic (exact) mass is 470 g/mol. The molecule has 8 nitrogen and oxygen atoms in total. The van der Waals surface area contributed by atoms with Crippen molar-refractivity contribution in [1.82, 2.24) is 9.55 Å². The summed E-state index contributed by atoms with van der Waals surface area (Å²) >= 11 is 7.26. The number of hydrogen-bond acceptors (Lipinski definition) is 7. The van der Waals surface area contributed by atoms with Gasteiger partial charge in [-0.1, -0.05) is 11.6 Å². The first-order valence-corrected chi connectivity index (χ1v) is 10.7. The summed E-state index contributed by atoms with van der Waals surface area (Å²) in [4.78, 5) is 29.7. The van der Waals surface area contributed by atoms with E-state index >= 15 is 0 Å². The smallest absolute Gasteiger partial charge is 0.245 e. The zero-order valence-corrected chi connectivity index (χ0v) is 19.3. The molecule has 0 N–H and O–H groups in total. The van der Waals surface area contributed by atoms with E-state index in [1.165, 1.54) is 35.2 Å². The molecule has 1 aliphatic rings. The van der Waals surface area contributed by atoms with Crippen LogP contribution in [0.1, 0.15) is 24.2 Å². The molecule has 2 heterocycles. The molecule has 0 unspecified atom stereocenters. The zero-order chi connectivity index (χ0) is 23.0. The van der Waals surface area contributed by atoms with Gasteiger partial charge in [0, 0.05) is 30.0 Å². The third-order valence-electron chi connectivity index (χ3n) is 4.75. The van der Waals surface area contributed by atoms with Crippen LogP contribution in [0.3, 0.4) is 0 Å². The van der Waals surface area contributed by atoms with Crippen molar-refractivity contribution in [2.75, 3.05) is 19.2 Å². The van der Waals surface area contributed by atoms with Gasteiger partial charge in [-0.25, -0.2) is 4.98 Å². The van der Waals surface area contributed by atoms with Crippen LogP contribution in [0.5, 0.6) is 11.5 Å². The van der Waals surface area contributed by atoms with Crippen molar-refractivity contribution >= 4 is 46.0 Å². The number of hydrazone groups is 1. The van der Waals surface area contributed by atoms with Gasteiger partial charge in [-0.3, -0.25) is 14.2 Å². The van der Waals surface area contributed by atoms with Crippen molar-refractivity contribution in [2.45, 2.75) is 18.9 Å². The molecule has 10 heteroatoms. The first kappa shape index (κ1) is 21.9. The van der Waals surface area contributed by atoms with Crippen LogP contribution < -0.4 is 14.5 Å². The van der Waals surface area contributed by atoms with Crippen LogP contribution in [0.15, 0.2) is 52.6 Å². The lowest BCUT2D eigenvalue weighted by Gasteiger charge is -2.22. The van der Waals surface area contributed by atoms with Gasteiger partial charge in [0.25, 0.3) is 0 Å². The standard InChI is InChI=1S/C22H19ClN4O4S/c1-12(28)26-19(14-5-8-16(23)9-6-14)24-20-22(26)32-21(25-27(20)13(2)29)15-7-10-17(30-3)18(11-15)31-4/h5-11H,1-4H3. The SMILES string of the molecule is COc1ccc(C2=NN(C(C)=O)c3nc(-c4ccc(Cl)cc4)n(C(C)=O)c3S2)cc1OC. The van der Waals surface area contributed by atoms with Gasteiger partial charge in [-0.05, 0) is 54.2 Å². The van der Waals surface area contributed by atoms with E-state index in [2.05, 4.69) is 10.1 Å². The quantitative estimate of drug-likeness (QED) is 0.549. The number of carbonyl (C=O) groups excluding carboxylic acids is 2. The number of carbonyl (C=O) groups is 2. The molecule has 0 spiro atoms. The van der Waals surface area contributed by atoms with Crippen molar-refractivity contribution in [3.05, 3.63) is 53.1 Å². The Hall–Kier alpha value is -3.30. The number of halogens is 1. The van der Waals surface area contributed by atoms with Gasteiger partial charge in [0.2, 0.25) is 11.8 Å². The first-order chi connectivity index (χ1) is 15.3. The highest BCUT2D eigenvalue weighted by Crippen LogP contribution is 2.41. The Kier molecular flexibility index (Phi) is 5.94. The summed E-state index contributed by atoms with van der Waals surface area (Å²) in [5, 5.41) is 7.29. The number of amides is 1. The molecule has 0 fully saturated rings. The summed E-state index contributed by atoms with van der Waals surface area (Å²) in [5.74, 6) is 1.22. The van der Waals surface area contributed by atoms with Crippen LogP contribution in [0.2, 0.25) is 5.02 Å². The molecule has 0 saturated carbocycles. The molecule has 1 amide bonds. The lowest BCUT2D eigenvalue weighted by Crippen LogP contribution is -2.28. The molecule has 164 valence electrons. The fourth-order valence-corrected chi connectivity index (χ4v) is 4.47. The number of anilines is 1. The Bertz CT molecular complexity index is 1250. The second-order valence-corrected chi connectivity index (χ2v) is 8.25. The minimum atomic E-state index is -0.333. The van der Waals surface area contributed by atoms with E-state index in [1.54, 1.807) is 50.6 Å². The Morgan fingerprint density at radius 1 is 0.938 bits per heavy atom. The number of aromatic nitrogens is 2. The highest BCUT2D eigenvalue weighted by Gasteiger charge is 2.33. The van der Waals surface area contributed by atoms with Crippen molar-refractivity contribution in [1.29, 1.82) is 0 Å². The Morgan fingerprint density at radius 3 is 2.19 bits per heavy atom. The fourth-order valence-electron chi connectivity index (χ4n) is 3.26. The van der Waals surface area contributed by atoms with E-state index in [0.29, 0.717) is 49.4 Å². The molecule has 32 heavy (non-hydrogen) atoms. The fraction of sp³-hybridized carbons (Fsp3) is 0.182. The maximum absolute atomic E-state index is 12.6. The van der Waals surface area contributed by atoms with Crippen molar-refractivity contribution in [3.8, 4) is 22.9 Å². The van der Waals surface area contributed by atoms with Crippen LogP contribution in [0, 0.1) is 0 Å². The topological polar surface area (TPSA) is 86.0 Å². The average Bonchev–Trinajstić information content (AvgIpc) is 3.18. The van der Waals surface area contributed by atoms with Gasteiger partial charge in [0.1, 0.15) is 15.9 Å². The predicted molar refractivity (Wildman–Crippen MR) is 124 cm³/mol. The number of hydrogen-bond donors (Lipinski definition) is 0. The van der Waals surface area contributed by atoms with Gasteiger partial charge in [0.05, 0.1) is 14.2 Å². The molecule has 3 aromatic rings. The number of methoxy groups -OCH3 is 2. The largest absolute Gasteiger partial charge is 0.493 e. The summed E-state index contributed by atoms with van der Waals surface area (Å²) < 4.78 is 12.2. The normalized spacial score (nSPS) is 12.8. The minimum absolute atomic E-state index is 0.242. The third kappa shape index (κ3) is 3.85. The first-order valence-electron chi connectivity index (χ1n) is 9.53. The highest BCUT2D eigenvalue weighted by molar-refractivity contribution is 8.14. The van der Waals surface area contributed by atoms with Gasteiger partial charge in [0.15, 0.2) is 17.3 Å². The number of ether oxygens (including phenoxy) is 2. The summed E-state index contributed by atoms with van der Waals surface area (Å²) in [5.41, 5.74) is 1.39. The Morgan fingerprint density at radius 2 is 1.59 bits per heavy atom. The molecule has 0 radical (unpaired) electrons. The van der Waals surface area contributed by atoms with Crippen LogP contribution in [-0.4, -0.2) is 40.6 Å². The number of benzene rings is 2. The Balaban J connectivity index is 1.87. The van der Waals surface area contributed by atoms with E-state index in [1.807, 2.05) is 6.07 Å². The molecule has 1 aromatic heterocycles. The van der Waals surface area contributed by atoms with E-state index in [-0.39, 0.29) is 11.8 Å². The van der Waals surface area contributed by atoms with Gasteiger partial charge in [-0.2, -0.15) is 10.1 Å². The van der Waals surface area contributed by atoms with Crippen LogP contribution in [-0.2, 0) is 4.79 Å². The molecule has 0 aliphatic carbocycles. The van der Waals surface area contributed by atoms with Crippen molar-refractivity contribution in [3.63, 3.8) is 0 Å². The molecule has 1 aliphatic heterocycles. The summed E-state index contributed by atoms with van der Waals surface area (Å²) in [6.07, 6.45) is 0. The van der Waals surface area contributed by atoms with E-state index in [9.17, 15) is 9.59 Å². The van der Waals surface area contributed by atoms with Crippen LogP contribution >= 0.6 is 23.4 Å². The van der Waals surface area contributed by atoms with Crippen LogP contribution in [0.4, 0.5) is 5.82 Å². The maximum atomic E-state index is 12.6. The van der Waals surface area contributed by atoms with Gasteiger partial charge < -0.3 is 9.47 Å². The van der Waals surface area contributed by atoms with Gasteiger partial charge >= 0.3 is 0 Å². The maximum Gasteiger partial charge on any atom is 0.245 e. The summed E-state index contributed by atoms with van der Waals surface area (Å²) in [6.45, 7) is 2.84. The third-order valence-corrected chi connectivity index (χ3v) is 6.07. The minimum Gasteiger partial charge on any atom is -0.493 e. The number of rotatable bonds is 4. The predicted octanol–water partition coefficient (Wildman–Crippen LogP) is 4.70. The average molecular weight is 471 g/mol. The molecular weight excluding hydrogens is 452 g/mol. The molecular formula is C22H19ClN4O4S. The van der Waals surface area contributed by atoms with E-state index in [0.717, 1.165) is 0 Å². The number of nitrogens with zero attached hydrogens (tertiary/aromatic N) is 4. The number of fused-ring (bicyclic) bond motifs is 1. The molecule has 4 rings (SSSR count). The molecule has 0 atom stereocenters. The lowest BCUT2D eigenvalue weighted by atomic mass is 10.2. The molecule has 0 bridgehead atoms. The number of thioether (sulfide) groups is 1. The van der Waals surface area contributed by atoms with Gasteiger partial charge in [-0.15, -0.1) is 0 Å². The van der Waals surface area contributed by atoms with E-state index < -0.39 is 0 Å². The van der Waals surface area contributed by atoms with Crippen molar-refractivity contribution < 1.29 is 19.1 Å². The second kappa shape index (κ2) is 8.68. The summed E-state index contributed by atoms with van der Waals surface area (Å²) in [6, 6.07) is 12.3. The molecule has 2 aromatic carbocycles.